The van der Waals surface area contributed by atoms with Crippen molar-refractivity contribution in [2.24, 2.45) is 5.92 Å². The van der Waals surface area contributed by atoms with Crippen LogP contribution < -0.4 is 5.32 Å². The van der Waals surface area contributed by atoms with Gasteiger partial charge in [0.25, 0.3) is 5.69 Å². The van der Waals surface area contributed by atoms with Crippen LogP contribution in [0.3, 0.4) is 0 Å². The number of nitrogens with zero attached hydrogens (tertiary/aromatic N) is 1. The number of carbonyl (C=O) groups is 1. The zero-order valence-electron chi connectivity index (χ0n) is 13.3. The first-order valence-corrected chi connectivity index (χ1v) is 8.10. The standard InChI is InChI=1S/C19H16N2O4/c22-19(23)14-9-10-15(21(24)25)16-12-7-4-8-13(12)17(20-18(14)16)11-5-2-1-3-6-11/h1-7,9-10,12-13,17,20H,8H2,(H,22,23)/t12-,13+,17+/m0/s1. The van der Waals surface area contributed by atoms with Gasteiger partial charge in [0.1, 0.15) is 0 Å². The number of aromatic carboxylic acids is 1. The Morgan fingerprint density at radius 1 is 1.20 bits per heavy atom. The Hall–Kier alpha value is -3.15. The number of benzene rings is 2. The molecule has 0 unspecified atom stereocenters. The fourth-order valence-electron chi connectivity index (χ4n) is 4.02. The van der Waals surface area contributed by atoms with E-state index in [1.54, 1.807) is 0 Å². The topological polar surface area (TPSA) is 92.5 Å². The van der Waals surface area contributed by atoms with E-state index < -0.39 is 10.9 Å². The van der Waals surface area contributed by atoms with Crippen LogP contribution in [0.1, 0.15) is 39.9 Å². The van der Waals surface area contributed by atoms with Gasteiger partial charge >= 0.3 is 5.97 Å². The van der Waals surface area contributed by atoms with Crippen molar-refractivity contribution >= 4 is 17.3 Å². The molecule has 1 aliphatic heterocycles. The highest BCUT2D eigenvalue weighted by Gasteiger charge is 2.43. The monoisotopic (exact) mass is 336 g/mol. The molecule has 2 aromatic rings. The Balaban J connectivity index is 1.93. The first kappa shape index (κ1) is 15.4. The summed E-state index contributed by atoms with van der Waals surface area (Å²) < 4.78 is 0. The largest absolute Gasteiger partial charge is 0.478 e. The van der Waals surface area contributed by atoms with E-state index in [1.807, 2.05) is 42.5 Å². The molecule has 6 nitrogen and oxygen atoms in total. The molecular formula is C19H16N2O4. The second kappa shape index (κ2) is 5.73. The highest BCUT2D eigenvalue weighted by atomic mass is 16.6. The Bertz CT molecular complexity index is 892. The number of allylic oxidation sites excluding steroid dienone is 2. The van der Waals surface area contributed by atoms with Gasteiger partial charge in [0.15, 0.2) is 0 Å². The molecule has 126 valence electrons. The van der Waals surface area contributed by atoms with E-state index >= 15 is 0 Å². The van der Waals surface area contributed by atoms with Crippen molar-refractivity contribution in [2.45, 2.75) is 18.4 Å². The number of nitrogens with one attached hydrogen (secondary N) is 1. The van der Waals surface area contributed by atoms with E-state index in [4.69, 9.17) is 0 Å². The van der Waals surface area contributed by atoms with Gasteiger partial charge in [-0.3, -0.25) is 10.1 Å². The molecule has 0 saturated carbocycles. The quantitative estimate of drug-likeness (QED) is 0.500. The molecule has 2 N–H and O–H groups in total. The molecule has 2 aromatic carbocycles. The van der Waals surface area contributed by atoms with Crippen LogP contribution in [0.25, 0.3) is 0 Å². The fourth-order valence-corrected chi connectivity index (χ4v) is 4.02. The average Bonchev–Trinajstić information content (AvgIpc) is 3.10. The summed E-state index contributed by atoms with van der Waals surface area (Å²) in [5, 5.41) is 24.3. The van der Waals surface area contributed by atoms with Gasteiger partial charge in [0.2, 0.25) is 0 Å². The van der Waals surface area contributed by atoms with Crippen molar-refractivity contribution in [3.63, 3.8) is 0 Å². The predicted molar refractivity (Wildman–Crippen MR) is 92.8 cm³/mol. The van der Waals surface area contributed by atoms with Crippen molar-refractivity contribution < 1.29 is 14.8 Å². The number of anilines is 1. The van der Waals surface area contributed by atoms with Gasteiger partial charge in [-0.15, -0.1) is 0 Å². The van der Waals surface area contributed by atoms with Crippen LogP contribution in [-0.4, -0.2) is 16.0 Å². The molecule has 0 spiro atoms. The Morgan fingerprint density at radius 3 is 2.64 bits per heavy atom. The third-order valence-corrected chi connectivity index (χ3v) is 5.08. The molecule has 25 heavy (non-hydrogen) atoms. The van der Waals surface area contributed by atoms with Crippen LogP contribution in [-0.2, 0) is 0 Å². The maximum Gasteiger partial charge on any atom is 0.337 e. The number of fused-ring (bicyclic) bond motifs is 3. The van der Waals surface area contributed by atoms with E-state index in [1.165, 1.54) is 12.1 Å². The van der Waals surface area contributed by atoms with Crippen molar-refractivity contribution in [3.05, 3.63) is 81.4 Å². The first-order valence-electron chi connectivity index (χ1n) is 8.10. The lowest BCUT2D eigenvalue weighted by Gasteiger charge is -2.37. The lowest BCUT2D eigenvalue weighted by Crippen LogP contribution is -2.30. The fraction of sp³-hybridized carbons (Fsp3) is 0.211. The highest BCUT2D eigenvalue weighted by Crippen LogP contribution is 2.53. The minimum atomic E-state index is -1.09. The second-order valence-electron chi connectivity index (χ2n) is 6.37. The van der Waals surface area contributed by atoms with Crippen LogP contribution >= 0.6 is 0 Å². The van der Waals surface area contributed by atoms with Gasteiger partial charge in [-0.25, -0.2) is 4.79 Å². The number of nitro groups is 1. The molecule has 4 rings (SSSR count). The van der Waals surface area contributed by atoms with Gasteiger partial charge in [-0.1, -0.05) is 42.5 Å². The molecule has 0 bridgehead atoms. The van der Waals surface area contributed by atoms with Crippen LogP contribution in [0.2, 0.25) is 0 Å². The van der Waals surface area contributed by atoms with Gasteiger partial charge in [0.05, 0.1) is 27.8 Å². The van der Waals surface area contributed by atoms with Gasteiger partial charge < -0.3 is 10.4 Å². The highest BCUT2D eigenvalue weighted by molar-refractivity contribution is 5.97. The molecule has 0 amide bonds. The number of carboxylic acid groups (broad SMARTS) is 1. The number of hydrogen-bond donors (Lipinski definition) is 2. The zero-order chi connectivity index (χ0) is 17.6. The molecule has 3 atom stereocenters. The van der Waals surface area contributed by atoms with Gasteiger partial charge in [-0.2, -0.15) is 0 Å². The third kappa shape index (κ3) is 2.38. The molecule has 6 heteroatoms. The number of nitro benzene ring substituents is 1. The number of carboxylic acids is 1. The maximum absolute atomic E-state index is 11.7. The summed E-state index contributed by atoms with van der Waals surface area (Å²) >= 11 is 0. The van der Waals surface area contributed by atoms with Gasteiger partial charge in [-0.05, 0) is 24.0 Å². The molecule has 0 fully saturated rings. The number of rotatable bonds is 3. The van der Waals surface area contributed by atoms with E-state index in [2.05, 4.69) is 5.32 Å². The third-order valence-electron chi connectivity index (χ3n) is 5.08. The molecule has 1 aliphatic carbocycles. The van der Waals surface area contributed by atoms with Crippen molar-refractivity contribution in [2.75, 3.05) is 5.32 Å². The van der Waals surface area contributed by atoms with Crippen LogP contribution in [0.4, 0.5) is 11.4 Å². The smallest absolute Gasteiger partial charge is 0.337 e. The van der Waals surface area contributed by atoms with E-state index in [-0.39, 0.29) is 29.1 Å². The summed E-state index contributed by atoms with van der Waals surface area (Å²) in [7, 11) is 0. The average molecular weight is 336 g/mol. The van der Waals surface area contributed by atoms with Gasteiger partial charge in [0, 0.05) is 12.0 Å². The van der Waals surface area contributed by atoms with Crippen molar-refractivity contribution in [1.82, 2.24) is 0 Å². The lowest BCUT2D eigenvalue weighted by atomic mass is 9.75. The van der Waals surface area contributed by atoms with E-state index in [9.17, 15) is 20.0 Å². The minimum absolute atomic E-state index is 0.0273. The number of hydrogen-bond acceptors (Lipinski definition) is 4. The van der Waals surface area contributed by atoms with Crippen LogP contribution in [0.15, 0.2) is 54.6 Å². The van der Waals surface area contributed by atoms with E-state index in [0.717, 1.165) is 12.0 Å². The van der Waals surface area contributed by atoms with Crippen LogP contribution in [0.5, 0.6) is 0 Å². The second-order valence-corrected chi connectivity index (χ2v) is 6.37. The van der Waals surface area contributed by atoms with Crippen molar-refractivity contribution in [3.8, 4) is 0 Å². The van der Waals surface area contributed by atoms with Crippen LogP contribution in [0, 0.1) is 16.0 Å². The van der Waals surface area contributed by atoms with Crippen molar-refractivity contribution in [1.29, 1.82) is 0 Å². The maximum atomic E-state index is 11.7. The summed E-state index contributed by atoms with van der Waals surface area (Å²) in [6, 6.07) is 12.3. The predicted octanol–water partition coefficient (Wildman–Crippen LogP) is 4.12. The molecule has 1 heterocycles. The summed E-state index contributed by atoms with van der Waals surface area (Å²) in [5.74, 6) is -1.13. The summed E-state index contributed by atoms with van der Waals surface area (Å²) in [6.45, 7) is 0. The Morgan fingerprint density at radius 2 is 1.96 bits per heavy atom. The SMILES string of the molecule is O=C(O)c1ccc([N+](=O)[O-])c2c1N[C@H](c1ccccc1)[C@@H]1CC=C[C@H]21. The summed E-state index contributed by atoms with van der Waals surface area (Å²) in [6.07, 6.45) is 4.79. The zero-order valence-corrected chi connectivity index (χ0v) is 13.3. The molecule has 0 radical (unpaired) electrons. The first-order chi connectivity index (χ1) is 12.1. The molecule has 2 aliphatic rings. The Kier molecular flexibility index (Phi) is 3.53. The normalized spacial score (nSPS) is 23.4. The molecule has 0 aromatic heterocycles. The lowest BCUT2D eigenvalue weighted by molar-refractivity contribution is -0.385. The Labute approximate surface area is 144 Å². The van der Waals surface area contributed by atoms with E-state index in [0.29, 0.717) is 11.3 Å². The molecular weight excluding hydrogens is 320 g/mol. The minimum Gasteiger partial charge on any atom is -0.478 e. The molecule has 0 saturated heterocycles. The summed E-state index contributed by atoms with van der Waals surface area (Å²) in [4.78, 5) is 22.7. The summed E-state index contributed by atoms with van der Waals surface area (Å²) in [5.41, 5.74) is 1.94.